The van der Waals surface area contributed by atoms with Crippen LogP contribution in [0.25, 0.3) is 10.6 Å². The predicted molar refractivity (Wildman–Crippen MR) is 93.7 cm³/mol. The lowest BCUT2D eigenvalue weighted by Crippen LogP contribution is -2.31. The van der Waals surface area contributed by atoms with Crippen molar-refractivity contribution in [3.8, 4) is 10.6 Å². The third-order valence-electron chi connectivity index (χ3n) is 3.12. The molecule has 5 heteroatoms. The largest absolute Gasteiger partial charge is 0.303 e. The van der Waals surface area contributed by atoms with Gasteiger partial charge in [-0.25, -0.2) is 4.98 Å². The summed E-state index contributed by atoms with van der Waals surface area (Å²) in [7, 11) is 0. The van der Waals surface area contributed by atoms with Crippen LogP contribution in [0, 0.1) is 0 Å². The number of rotatable bonds is 5. The number of hydrogen-bond acceptors (Lipinski definition) is 4. The lowest BCUT2D eigenvalue weighted by molar-refractivity contribution is 0.0985. The molecule has 0 aliphatic rings. The number of anilines is 1. The van der Waals surface area contributed by atoms with E-state index in [0.717, 1.165) is 16.3 Å². The second kappa shape index (κ2) is 6.68. The van der Waals surface area contributed by atoms with Gasteiger partial charge in [0.2, 0.25) is 0 Å². The predicted octanol–water partition coefficient (Wildman–Crippen LogP) is 4.70. The molecule has 3 aromatic rings. The zero-order chi connectivity index (χ0) is 15.4. The van der Waals surface area contributed by atoms with E-state index in [0.29, 0.717) is 12.2 Å². The van der Waals surface area contributed by atoms with E-state index in [1.807, 2.05) is 52.5 Å². The summed E-state index contributed by atoms with van der Waals surface area (Å²) in [6.07, 6.45) is 1.72. The summed E-state index contributed by atoms with van der Waals surface area (Å²) in [5.74, 6) is -0.108. The lowest BCUT2D eigenvalue weighted by atomic mass is 10.2. The zero-order valence-electron chi connectivity index (χ0n) is 11.8. The Bertz CT molecular complexity index is 763. The van der Waals surface area contributed by atoms with Gasteiger partial charge in [0.1, 0.15) is 10.7 Å². The van der Waals surface area contributed by atoms with Gasteiger partial charge in [-0.3, -0.25) is 4.79 Å². The normalized spacial score (nSPS) is 10.4. The summed E-state index contributed by atoms with van der Waals surface area (Å²) in [4.78, 5) is 18.9. The molecule has 0 bridgehead atoms. The highest BCUT2D eigenvalue weighted by Crippen LogP contribution is 2.27. The van der Waals surface area contributed by atoms with Crippen molar-refractivity contribution in [2.45, 2.75) is 0 Å². The summed E-state index contributed by atoms with van der Waals surface area (Å²) in [6, 6.07) is 11.6. The van der Waals surface area contributed by atoms with Crippen molar-refractivity contribution in [2.75, 3.05) is 11.4 Å². The van der Waals surface area contributed by atoms with Gasteiger partial charge in [-0.2, -0.15) is 11.3 Å². The van der Waals surface area contributed by atoms with Crippen molar-refractivity contribution < 1.29 is 4.79 Å². The van der Waals surface area contributed by atoms with Crippen LogP contribution >= 0.6 is 22.7 Å². The summed E-state index contributed by atoms with van der Waals surface area (Å²) in [5, 5.41) is 6.73. The van der Waals surface area contributed by atoms with Gasteiger partial charge in [-0.1, -0.05) is 24.3 Å². The van der Waals surface area contributed by atoms with Gasteiger partial charge in [0, 0.05) is 28.6 Å². The minimum Gasteiger partial charge on any atom is -0.303 e. The van der Waals surface area contributed by atoms with Crippen molar-refractivity contribution in [2.24, 2.45) is 0 Å². The molecule has 1 amide bonds. The molecule has 0 atom stereocenters. The Hall–Kier alpha value is -2.24. The first-order valence-corrected chi connectivity index (χ1v) is 8.58. The first kappa shape index (κ1) is 14.7. The van der Waals surface area contributed by atoms with Crippen molar-refractivity contribution in [3.63, 3.8) is 0 Å². The van der Waals surface area contributed by atoms with E-state index in [4.69, 9.17) is 0 Å². The maximum absolute atomic E-state index is 12.7. The molecule has 0 saturated carbocycles. The molecule has 1 aromatic carbocycles. The monoisotopic (exact) mass is 326 g/mol. The van der Waals surface area contributed by atoms with Crippen molar-refractivity contribution in [1.29, 1.82) is 0 Å². The zero-order valence-corrected chi connectivity index (χ0v) is 13.4. The van der Waals surface area contributed by atoms with Crippen molar-refractivity contribution >= 4 is 34.3 Å². The second-order valence-electron chi connectivity index (χ2n) is 4.59. The summed E-state index contributed by atoms with van der Waals surface area (Å²) < 4.78 is 0. The van der Waals surface area contributed by atoms with E-state index in [1.54, 1.807) is 22.3 Å². The van der Waals surface area contributed by atoms with E-state index in [1.165, 1.54) is 11.3 Å². The molecule has 3 nitrogen and oxygen atoms in total. The summed E-state index contributed by atoms with van der Waals surface area (Å²) >= 11 is 3.11. The van der Waals surface area contributed by atoms with E-state index >= 15 is 0 Å². The van der Waals surface area contributed by atoms with Crippen molar-refractivity contribution in [3.05, 3.63) is 70.9 Å². The molecule has 22 heavy (non-hydrogen) atoms. The molecule has 110 valence electrons. The van der Waals surface area contributed by atoms with Gasteiger partial charge in [0.05, 0.1) is 0 Å². The summed E-state index contributed by atoms with van der Waals surface area (Å²) in [5.41, 5.74) is 2.37. The molecule has 2 heterocycles. The Morgan fingerprint density at radius 2 is 2.05 bits per heavy atom. The van der Waals surface area contributed by atoms with Crippen LogP contribution in [-0.4, -0.2) is 17.4 Å². The fraction of sp³-hybridized carbons (Fsp3) is 0.0588. The van der Waals surface area contributed by atoms with Crippen LogP contribution in [0.2, 0.25) is 0 Å². The number of thiophene rings is 1. The van der Waals surface area contributed by atoms with Crippen LogP contribution < -0.4 is 4.90 Å². The van der Waals surface area contributed by atoms with Crippen LogP contribution in [0.1, 0.15) is 10.5 Å². The van der Waals surface area contributed by atoms with Gasteiger partial charge in [0.25, 0.3) is 5.91 Å². The number of carbonyl (C=O) groups is 1. The number of thiazole rings is 1. The lowest BCUT2D eigenvalue weighted by Gasteiger charge is -2.20. The molecular formula is C17H14N2OS2. The molecular weight excluding hydrogens is 312 g/mol. The molecule has 0 fully saturated rings. The number of carbonyl (C=O) groups excluding carboxylic acids is 1. The molecule has 0 spiro atoms. The van der Waals surface area contributed by atoms with Crippen LogP contribution in [0.3, 0.4) is 0 Å². The van der Waals surface area contributed by atoms with E-state index in [2.05, 4.69) is 11.6 Å². The highest BCUT2D eigenvalue weighted by Gasteiger charge is 2.19. The smallest absolute Gasteiger partial charge is 0.278 e. The molecule has 0 aliphatic heterocycles. The average Bonchev–Trinajstić information content (AvgIpc) is 3.23. The number of benzene rings is 1. The molecule has 3 rings (SSSR count). The molecule has 0 N–H and O–H groups in total. The van der Waals surface area contributed by atoms with Crippen LogP contribution in [0.4, 0.5) is 5.69 Å². The number of nitrogens with zero attached hydrogens (tertiary/aromatic N) is 2. The van der Waals surface area contributed by atoms with E-state index in [-0.39, 0.29) is 5.91 Å². The fourth-order valence-electron chi connectivity index (χ4n) is 2.07. The Kier molecular flexibility index (Phi) is 4.46. The van der Waals surface area contributed by atoms with Crippen molar-refractivity contribution in [1.82, 2.24) is 4.98 Å². The maximum atomic E-state index is 12.7. The van der Waals surface area contributed by atoms with Gasteiger partial charge in [-0.05, 0) is 23.6 Å². The Morgan fingerprint density at radius 1 is 1.23 bits per heavy atom. The quantitative estimate of drug-likeness (QED) is 0.637. The maximum Gasteiger partial charge on any atom is 0.278 e. The minimum atomic E-state index is -0.108. The topological polar surface area (TPSA) is 33.2 Å². The fourth-order valence-corrected chi connectivity index (χ4v) is 3.58. The number of amides is 1. The molecule has 0 saturated heterocycles. The first-order valence-electron chi connectivity index (χ1n) is 6.75. The van der Waals surface area contributed by atoms with Gasteiger partial charge in [0.15, 0.2) is 0 Å². The number of aromatic nitrogens is 1. The van der Waals surface area contributed by atoms with E-state index in [9.17, 15) is 4.79 Å². The highest BCUT2D eigenvalue weighted by atomic mass is 32.1. The van der Waals surface area contributed by atoms with Crippen LogP contribution in [0.15, 0.2) is 65.2 Å². The minimum absolute atomic E-state index is 0.108. The molecule has 0 unspecified atom stereocenters. The third kappa shape index (κ3) is 3.00. The van der Waals surface area contributed by atoms with Crippen LogP contribution in [-0.2, 0) is 0 Å². The highest BCUT2D eigenvalue weighted by molar-refractivity contribution is 7.14. The van der Waals surface area contributed by atoms with Crippen LogP contribution in [0.5, 0.6) is 0 Å². The van der Waals surface area contributed by atoms with Gasteiger partial charge < -0.3 is 4.90 Å². The Morgan fingerprint density at radius 3 is 2.73 bits per heavy atom. The molecule has 2 aromatic heterocycles. The molecule has 0 aliphatic carbocycles. The SMILES string of the molecule is C=CCN(C(=O)c1csc(-c2ccsc2)n1)c1ccccc1. The Labute approximate surface area is 137 Å². The van der Waals surface area contributed by atoms with Gasteiger partial charge >= 0.3 is 0 Å². The summed E-state index contributed by atoms with van der Waals surface area (Å²) in [6.45, 7) is 4.19. The second-order valence-corrected chi connectivity index (χ2v) is 6.23. The third-order valence-corrected chi connectivity index (χ3v) is 4.69. The standard InChI is InChI=1S/C17H14N2OS2/c1-2-9-19(14-6-4-3-5-7-14)17(20)15-12-22-16(18-15)13-8-10-21-11-13/h2-8,10-12H,1,9H2. The molecule has 0 radical (unpaired) electrons. The average molecular weight is 326 g/mol. The van der Waals surface area contributed by atoms with Gasteiger partial charge in [-0.15, -0.1) is 17.9 Å². The number of hydrogen-bond donors (Lipinski definition) is 0. The van der Waals surface area contributed by atoms with E-state index < -0.39 is 0 Å². The number of para-hydroxylation sites is 1. The first-order chi connectivity index (χ1) is 10.8. The Balaban J connectivity index is 1.89.